The number of hydrogen-bond donors (Lipinski definition) is 7. The summed E-state index contributed by atoms with van der Waals surface area (Å²) in [5.74, 6) is -1.32. The van der Waals surface area contributed by atoms with Crippen molar-refractivity contribution in [2.24, 2.45) is 11.5 Å². The number of allylic oxidation sites excluding steroid dienone is 4. The van der Waals surface area contributed by atoms with Gasteiger partial charge in [-0.1, -0.05) is 12.2 Å². The number of rotatable bonds is 10. The Morgan fingerprint density at radius 1 is 0.821 bits per heavy atom. The van der Waals surface area contributed by atoms with E-state index in [1.807, 2.05) is 0 Å². The molecule has 0 saturated carbocycles. The topological polar surface area (TPSA) is 248 Å². The number of aliphatic hydroxyl groups is 4. The molecule has 0 aromatic carbocycles. The fraction of sp³-hybridized carbons (Fsp3) is 0.545. The van der Waals surface area contributed by atoms with Gasteiger partial charge in [0.1, 0.15) is 36.6 Å². The number of nitrogens with two attached hydrogens (primary N) is 2. The van der Waals surface area contributed by atoms with Crippen LogP contribution in [0.25, 0.3) is 0 Å². The maximum atomic E-state index is 12.5. The SMILES string of the molecule is NC(=O)C1=CC=CN([C@@H]2O[C@H](COP(=O)(O)OC[C@H]3O[C@@H](N4C=CC=C(C(N)=O)C4)[C@H](O)[C@@H]3O)[C@@H](O)[C@H]2O)C1. The Kier molecular flexibility index (Phi) is 8.92. The predicted molar refractivity (Wildman–Crippen MR) is 129 cm³/mol. The Hall–Kier alpha value is -2.63. The molecular weight excluding hydrogens is 543 g/mol. The van der Waals surface area contributed by atoms with Crippen LogP contribution in [0.15, 0.2) is 47.9 Å². The normalized spacial score (nSPS) is 36.0. The van der Waals surface area contributed by atoms with Crippen LogP contribution in [0.2, 0.25) is 0 Å². The number of carbonyl (C=O) groups is 2. The largest absolute Gasteiger partial charge is 0.472 e. The molecular formula is C22H31N4O12P. The summed E-state index contributed by atoms with van der Waals surface area (Å²) in [6.07, 6.45) is -1.46. The number of amides is 2. The van der Waals surface area contributed by atoms with Gasteiger partial charge in [-0.15, -0.1) is 0 Å². The molecule has 0 unspecified atom stereocenters. The van der Waals surface area contributed by atoms with Crippen molar-refractivity contribution in [3.63, 3.8) is 0 Å². The van der Waals surface area contributed by atoms with Crippen LogP contribution in [0.1, 0.15) is 0 Å². The maximum absolute atomic E-state index is 12.5. The Labute approximate surface area is 222 Å². The summed E-state index contributed by atoms with van der Waals surface area (Å²) < 4.78 is 33.5. The number of aliphatic hydroxyl groups excluding tert-OH is 4. The van der Waals surface area contributed by atoms with E-state index in [4.69, 9.17) is 30.0 Å². The average molecular weight is 574 g/mol. The predicted octanol–water partition coefficient (Wildman–Crippen LogP) is -3.50. The standard InChI is InChI=1S/C22H31N4O12P/c23-19(31)11-3-1-5-25(7-11)21-17(29)15(27)13(37-21)9-35-39(33,34)36-10-14-16(28)18(30)22(38-14)26-6-2-4-12(8-26)20(24)32/h1-6,13-18,21-22,27-30H,7-10H2,(H2,23,31)(H2,24,32)(H,33,34)/t13-,14-,15-,16-,17-,18-,21-,22-/m1/s1. The summed E-state index contributed by atoms with van der Waals surface area (Å²) in [4.78, 5) is 35.9. The lowest BCUT2D eigenvalue weighted by atomic mass is 10.1. The summed E-state index contributed by atoms with van der Waals surface area (Å²) in [5.41, 5.74) is 11.1. The van der Waals surface area contributed by atoms with Gasteiger partial charge in [-0.3, -0.25) is 18.6 Å². The Bertz CT molecular complexity index is 1050. The van der Waals surface area contributed by atoms with Crippen LogP contribution < -0.4 is 11.5 Å². The zero-order valence-electron chi connectivity index (χ0n) is 20.5. The van der Waals surface area contributed by atoms with Crippen LogP contribution in [-0.4, -0.2) is 122 Å². The first-order chi connectivity index (χ1) is 18.4. The van der Waals surface area contributed by atoms with Crippen molar-refractivity contribution in [3.05, 3.63) is 47.9 Å². The smallest absolute Gasteiger partial charge is 0.387 e. The lowest BCUT2D eigenvalue weighted by molar-refractivity contribution is -0.116. The highest BCUT2D eigenvalue weighted by Crippen LogP contribution is 2.45. The highest BCUT2D eigenvalue weighted by atomic mass is 31.2. The van der Waals surface area contributed by atoms with E-state index in [1.165, 1.54) is 46.5 Å². The van der Waals surface area contributed by atoms with Crippen LogP contribution in [0, 0.1) is 0 Å². The quantitative estimate of drug-likeness (QED) is 0.125. The minimum atomic E-state index is -4.78. The molecule has 216 valence electrons. The van der Waals surface area contributed by atoms with E-state index in [1.54, 1.807) is 0 Å². The zero-order valence-corrected chi connectivity index (χ0v) is 21.4. The van der Waals surface area contributed by atoms with E-state index in [-0.39, 0.29) is 24.2 Å². The van der Waals surface area contributed by atoms with E-state index in [0.717, 1.165) is 0 Å². The molecule has 4 aliphatic rings. The third kappa shape index (κ3) is 6.58. The van der Waals surface area contributed by atoms with Gasteiger partial charge in [0.2, 0.25) is 11.8 Å². The number of nitrogens with zero attached hydrogens (tertiary/aromatic N) is 2. The average Bonchev–Trinajstić information content (AvgIpc) is 3.36. The molecule has 0 aliphatic carbocycles. The molecule has 9 N–H and O–H groups in total. The van der Waals surface area contributed by atoms with Crippen molar-refractivity contribution < 1.29 is 58.0 Å². The van der Waals surface area contributed by atoms with Crippen molar-refractivity contribution in [1.29, 1.82) is 0 Å². The van der Waals surface area contributed by atoms with Gasteiger partial charge < -0.3 is 56.1 Å². The molecule has 2 fully saturated rings. The third-order valence-electron chi connectivity index (χ3n) is 6.62. The summed E-state index contributed by atoms with van der Waals surface area (Å²) in [7, 11) is -4.78. The van der Waals surface area contributed by atoms with Crippen molar-refractivity contribution >= 4 is 19.6 Å². The van der Waals surface area contributed by atoms with Crippen LogP contribution in [-0.2, 0) is 32.7 Å². The number of phosphoric acid groups is 1. The second-order valence-corrected chi connectivity index (χ2v) is 10.7. The first-order valence-corrected chi connectivity index (χ1v) is 13.4. The second-order valence-electron chi connectivity index (χ2n) is 9.29. The van der Waals surface area contributed by atoms with E-state index >= 15 is 0 Å². The maximum Gasteiger partial charge on any atom is 0.472 e. The summed E-state index contributed by atoms with van der Waals surface area (Å²) in [6.45, 7) is -1.28. The second kappa shape index (κ2) is 11.9. The minimum absolute atomic E-state index is 0.0133. The summed E-state index contributed by atoms with van der Waals surface area (Å²) in [5, 5.41) is 41.5. The first kappa shape index (κ1) is 29.4. The molecule has 16 nitrogen and oxygen atoms in total. The molecule has 0 bridgehead atoms. The van der Waals surface area contributed by atoms with Gasteiger partial charge >= 0.3 is 7.82 Å². The molecule has 0 aromatic rings. The third-order valence-corrected chi connectivity index (χ3v) is 7.57. The molecule has 4 heterocycles. The van der Waals surface area contributed by atoms with Crippen LogP contribution in [0.5, 0.6) is 0 Å². The molecule has 4 aliphatic heterocycles. The molecule has 39 heavy (non-hydrogen) atoms. The number of phosphoric ester groups is 1. The van der Waals surface area contributed by atoms with Crippen molar-refractivity contribution in [2.45, 2.75) is 49.1 Å². The molecule has 0 spiro atoms. The van der Waals surface area contributed by atoms with Gasteiger partial charge in [0.25, 0.3) is 0 Å². The fourth-order valence-electron chi connectivity index (χ4n) is 4.47. The van der Waals surface area contributed by atoms with E-state index in [0.29, 0.717) is 0 Å². The summed E-state index contributed by atoms with van der Waals surface area (Å²) in [6, 6.07) is 0. The van der Waals surface area contributed by atoms with Gasteiger partial charge in [-0.05, 0) is 12.2 Å². The molecule has 17 heteroatoms. The molecule has 8 atom stereocenters. The monoisotopic (exact) mass is 574 g/mol. The van der Waals surface area contributed by atoms with E-state index < -0.39 is 81.9 Å². The van der Waals surface area contributed by atoms with Crippen molar-refractivity contribution in [1.82, 2.24) is 9.80 Å². The fourth-order valence-corrected chi connectivity index (χ4v) is 5.21. The molecule has 2 saturated heterocycles. The van der Waals surface area contributed by atoms with Crippen LogP contribution >= 0.6 is 7.82 Å². The van der Waals surface area contributed by atoms with Gasteiger partial charge in [-0.25, -0.2) is 4.57 Å². The number of carbonyl (C=O) groups excluding carboxylic acids is 2. The van der Waals surface area contributed by atoms with Gasteiger partial charge in [-0.2, -0.15) is 0 Å². The lowest BCUT2D eigenvalue weighted by Crippen LogP contribution is -2.43. The first-order valence-electron chi connectivity index (χ1n) is 11.9. The number of ether oxygens (including phenoxy) is 2. The molecule has 2 amide bonds. The summed E-state index contributed by atoms with van der Waals surface area (Å²) >= 11 is 0. The van der Waals surface area contributed by atoms with Crippen LogP contribution in [0.4, 0.5) is 0 Å². The number of hydrogen-bond acceptors (Lipinski definition) is 13. The molecule has 4 rings (SSSR count). The van der Waals surface area contributed by atoms with Gasteiger partial charge in [0.05, 0.1) is 26.3 Å². The van der Waals surface area contributed by atoms with E-state index in [9.17, 15) is 39.5 Å². The van der Waals surface area contributed by atoms with Crippen molar-refractivity contribution in [2.75, 3.05) is 26.3 Å². The highest BCUT2D eigenvalue weighted by molar-refractivity contribution is 7.47. The van der Waals surface area contributed by atoms with Gasteiger partial charge in [0, 0.05) is 23.5 Å². The van der Waals surface area contributed by atoms with Crippen molar-refractivity contribution in [3.8, 4) is 0 Å². The Morgan fingerprint density at radius 2 is 1.21 bits per heavy atom. The Morgan fingerprint density at radius 3 is 1.56 bits per heavy atom. The Balaban J connectivity index is 1.27. The molecule has 0 radical (unpaired) electrons. The number of primary amides is 2. The highest BCUT2D eigenvalue weighted by Gasteiger charge is 2.48. The molecule has 0 aromatic heterocycles. The zero-order chi connectivity index (χ0) is 28.5. The van der Waals surface area contributed by atoms with Gasteiger partial charge in [0.15, 0.2) is 12.5 Å². The van der Waals surface area contributed by atoms with Crippen LogP contribution in [0.3, 0.4) is 0 Å². The minimum Gasteiger partial charge on any atom is -0.387 e. The van der Waals surface area contributed by atoms with E-state index in [2.05, 4.69) is 0 Å². The lowest BCUT2D eigenvalue weighted by Gasteiger charge is -2.31.